The Morgan fingerprint density at radius 2 is 1.96 bits per heavy atom. The number of anilines is 1. The van der Waals surface area contributed by atoms with Crippen LogP contribution in [0.2, 0.25) is 5.02 Å². The van der Waals surface area contributed by atoms with Crippen molar-refractivity contribution >= 4 is 23.2 Å². The largest absolute Gasteiger partial charge is 0.408 e. The molecule has 0 radical (unpaired) electrons. The predicted octanol–water partition coefficient (Wildman–Crippen LogP) is 4.71. The van der Waals surface area contributed by atoms with Crippen molar-refractivity contribution in [2.75, 3.05) is 11.9 Å². The Kier molecular flexibility index (Phi) is 4.75. The molecule has 0 bridgehead atoms. The molecule has 0 aliphatic carbocycles. The zero-order chi connectivity index (χ0) is 18.2. The minimum Gasteiger partial charge on any atom is -0.325 e. The second-order valence-corrected chi connectivity index (χ2v) is 6.49. The molecule has 0 aromatic heterocycles. The molecule has 0 saturated carbocycles. The zero-order valence-electron chi connectivity index (χ0n) is 13.4. The number of hydrogen-bond acceptors (Lipinski definition) is 2. The molecule has 1 unspecified atom stereocenters. The Bertz CT molecular complexity index is 807. The van der Waals surface area contributed by atoms with Gasteiger partial charge in [0.05, 0.1) is 6.54 Å². The average Bonchev–Trinajstić information content (AvgIpc) is 2.64. The van der Waals surface area contributed by atoms with Crippen molar-refractivity contribution in [2.45, 2.75) is 25.7 Å². The molecule has 0 spiro atoms. The fourth-order valence-corrected chi connectivity index (χ4v) is 3.25. The van der Waals surface area contributed by atoms with E-state index in [-0.39, 0.29) is 29.4 Å². The van der Waals surface area contributed by atoms with Gasteiger partial charge in [-0.3, -0.25) is 9.69 Å². The lowest BCUT2D eigenvalue weighted by Crippen LogP contribution is -2.40. The van der Waals surface area contributed by atoms with E-state index in [9.17, 15) is 18.0 Å². The van der Waals surface area contributed by atoms with Crippen LogP contribution in [0.3, 0.4) is 0 Å². The Morgan fingerprint density at radius 3 is 2.64 bits per heavy atom. The van der Waals surface area contributed by atoms with Gasteiger partial charge < -0.3 is 5.32 Å². The Labute approximate surface area is 148 Å². The number of rotatable bonds is 2. The van der Waals surface area contributed by atoms with Crippen LogP contribution >= 0.6 is 11.6 Å². The first-order chi connectivity index (χ1) is 11.8. The van der Waals surface area contributed by atoms with Crippen LogP contribution in [0.15, 0.2) is 42.5 Å². The summed E-state index contributed by atoms with van der Waals surface area (Å²) in [5, 5.41) is 2.74. The van der Waals surface area contributed by atoms with Crippen LogP contribution < -0.4 is 5.32 Å². The van der Waals surface area contributed by atoms with Gasteiger partial charge in [-0.2, -0.15) is 13.2 Å². The molecular formula is C18H16ClF3N2O. The van der Waals surface area contributed by atoms with Gasteiger partial charge in [-0.15, -0.1) is 0 Å². The van der Waals surface area contributed by atoms with Crippen molar-refractivity contribution in [3.05, 3.63) is 64.2 Å². The summed E-state index contributed by atoms with van der Waals surface area (Å²) in [6.07, 6.45) is -4.55. The molecule has 1 amide bonds. The average molecular weight is 369 g/mol. The molecule has 132 valence electrons. The second-order valence-electron chi connectivity index (χ2n) is 6.06. The number of halogens is 4. The molecule has 2 aromatic carbocycles. The number of nitrogens with zero attached hydrogens (tertiary/aromatic N) is 1. The minimum atomic E-state index is -4.55. The number of nitrogens with one attached hydrogen (secondary N) is 1. The summed E-state index contributed by atoms with van der Waals surface area (Å²) in [5.41, 5.74) is 1.72. The third-order valence-corrected chi connectivity index (χ3v) is 4.47. The van der Waals surface area contributed by atoms with Crippen molar-refractivity contribution in [1.82, 2.24) is 4.90 Å². The van der Waals surface area contributed by atoms with Crippen LogP contribution in [-0.4, -0.2) is 23.5 Å². The van der Waals surface area contributed by atoms with E-state index in [1.165, 1.54) is 18.2 Å². The molecule has 1 heterocycles. The maximum absolute atomic E-state index is 13.9. The van der Waals surface area contributed by atoms with Crippen molar-refractivity contribution in [3.8, 4) is 0 Å². The van der Waals surface area contributed by atoms with Crippen LogP contribution in [0.4, 0.5) is 18.9 Å². The van der Waals surface area contributed by atoms with Gasteiger partial charge in [0, 0.05) is 22.8 Å². The molecule has 3 nitrogen and oxygen atoms in total. The van der Waals surface area contributed by atoms with Gasteiger partial charge in [-0.05, 0) is 36.2 Å². The van der Waals surface area contributed by atoms with Crippen LogP contribution in [0.25, 0.3) is 0 Å². The monoisotopic (exact) mass is 368 g/mol. The fraction of sp³-hybridized carbons (Fsp3) is 0.278. The molecule has 7 heteroatoms. The molecule has 3 rings (SSSR count). The first-order valence-corrected chi connectivity index (χ1v) is 8.08. The minimum absolute atomic E-state index is 0.0101. The van der Waals surface area contributed by atoms with Crippen molar-refractivity contribution in [3.63, 3.8) is 0 Å². The van der Waals surface area contributed by atoms with E-state index < -0.39 is 18.1 Å². The van der Waals surface area contributed by atoms with Gasteiger partial charge in [0.25, 0.3) is 0 Å². The number of carbonyl (C=O) groups is 1. The maximum Gasteiger partial charge on any atom is 0.408 e. The third-order valence-electron chi connectivity index (χ3n) is 4.24. The first-order valence-electron chi connectivity index (χ1n) is 7.70. The third kappa shape index (κ3) is 3.80. The van der Waals surface area contributed by atoms with Gasteiger partial charge in [-0.25, -0.2) is 0 Å². The van der Waals surface area contributed by atoms with Gasteiger partial charge in [0.2, 0.25) is 5.91 Å². The van der Waals surface area contributed by atoms with Crippen molar-refractivity contribution in [1.29, 1.82) is 0 Å². The number of aryl methyl sites for hydroxylation is 1. The summed E-state index contributed by atoms with van der Waals surface area (Å²) >= 11 is 5.92. The lowest BCUT2D eigenvalue weighted by molar-refractivity contribution is -0.187. The van der Waals surface area contributed by atoms with E-state index in [2.05, 4.69) is 5.32 Å². The normalized spacial score (nSPS) is 18.4. The number of benzene rings is 2. The topological polar surface area (TPSA) is 32.3 Å². The van der Waals surface area contributed by atoms with E-state index in [0.29, 0.717) is 0 Å². The van der Waals surface area contributed by atoms with E-state index in [1.54, 1.807) is 12.1 Å². The summed E-state index contributed by atoms with van der Waals surface area (Å²) in [6, 6.07) is 9.42. The van der Waals surface area contributed by atoms with E-state index >= 15 is 0 Å². The molecule has 0 saturated heterocycles. The number of hydrogen-bond donors (Lipinski definition) is 1. The molecule has 1 aliphatic rings. The zero-order valence-corrected chi connectivity index (χ0v) is 14.2. The van der Waals surface area contributed by atoms with E-state index in [1.807, 2.05) is 19.1 Å². The Balaban J connectivity index is 2.09. The van der Waals surface area contributed by atoms with Crippen LogP contribution in [0.5, 0.6) is 0 Å². The smallest absolute Gasteiger partial charge is 0.325 e. The number of amides is 1. The van der Waals surface area contributed by atoms with Crippen molar-refractivity contribution < 1.29 is 18.0 Å². The van der Waals surface area contributed by atoms with Crippen LogP contribution in [0.1, 0.15) is 22.7 Å². The van der Waals surface area contributed by atoms with Gasteiger partial charge in [-0.1, -0.05) is 35.9 Å². The quantitative estimate of drug-likeness (QED) is 0.832. The van der Waals surface area contributed by atoms with Gasteiger partial charge in [0.15, 0.2) is 0 Å². The van der Waals surface area contributed by atoms with Crippen LogP contribution in [-0.2, 0) is 11.3 Å². The molecule has 0 fully saturated rings. The summed E-state index contributed by atoms with van der Waals surface area (Å²) in [7, 11) is 0. The highest BCUT2D eigenvalue weighted by Gasteiger charge is 2.47. The molecule has 2 aromatic rings. The number of fused-ring (bicyclic) bond motifs is 1. The predicted molar refractivity (Wildman–Crippen MR) is 90.5 cm³/mol. The molecular weight excluding hydrogens is 353 g/mol. The van der Waals surface area contributed by atoms with Crippen molar-refractivity contribution in [2.24, 2.45) is 0 Å². The molecule has 25 heavy (non-hydrogen) atoms. The molecule has 1 N–H and O–H groups in total. The summed E-state index contributed by atoms with van der Waals surface area (Å²) in [6.45, 7) is 1.49. The SMILES string of the molecule is Cc1ccccc1CN1CC(=O)Nc2ccc(Cl)cc2C1C(F)(F)F. The van der Waals surface area contributed by atoms with E-state index in [0.717, 1.165) is 16.0 Å². The molecule has 1 aliphatic heterocycles. The maximum atomic E-state index is 13.9. The highest BCUT2D eigenvalue weighted by Crippen LogP contribution is 2.43. The van der Waals surface area contributed by atoms with Gasteiger partial charge in [0.1, 0.15) is 6.04 Å². The van der Waals surface area contributed by atoms with Gasteiger partial charge >= 0.3 is 6.18 Å². The lowest BCUT2D eigenvalue weighted by atomic mass is 10.0. The highest BCUT2D eigenvalue weighted by atomic mass is 35.5. The Hall–Kier alpha value is -2.05. The lowest BCUT2D eigenvalue weighted by Gasteiger charge is -2.32. The fourth-order valence-electron chi connectivity index (χ4n) is 3.07. The van der Waals surface area contributed by atoms with E-state index in [4.69, 9.17) is 11.6 Å². The first kappa shape index (κ1) is 17.8. The molecule has 1 atom stereocenters. The number of alkyl halides is 3. The Morgan fingerprint density at radius 1 is 1.24 bits per heavy atom. The summed E-state index contributed by atoms with van der Waals surface area (Å²) < 4.78 is 41.7. The second kappa shape index (κ2) is 6.69. The number of carbonyl (C=O) groups excluding carboxylic acids is 1. The highest BCUT2D eigenvalue weighted by molar-refractivity contribution is 6.30. The van der Waals surface area contributed by atoms with Crippen LogP contribution in [0, 0.1) is 6.92 Å². The summed E-state index contributed by atoms with van der Waals surface area (Å²) in [5.74, 6) is -0.482. The summed E-state index contributed by atoms with van der Waals surface area (Å²) in [4.78, 5) is 13.3. The standard InChI is InChI=1S/C18H16ClF3N2O/c1-11-4-2-3-5-12(11)9-24-10-16(25)23-15-7-6-13(19)8-14(15)17(24)18(20,21)22/h2-8,17H,9-10H2,1H3,(H,23,25).